The van der Waals surface area contributed by atoms with Crippen molar-refractivity contribution in [3.8, 4) is 11.1 Å². The summed E-state index contributed by atoms with van der Waals surface area (Å²) in [4.78, 5) is 22.6. The fourth-order valence-electron chi connectivity index (χ4n) is 5.55. The van der Waals surface area contributed by atoms with Crippen molar-refractivity contribution in [1.82, 2.24) is 25.1 Å². The van der Waals surface area contributed by atoms with Crippen molar-refractivity contribution in [3.05, 3.63) is 101 Å². The molecule has 7 rings (SSSR count). The van der Waals surface area contributed by atoms with Crippen LogP contribution < -0.4 is 10.6 Å². The number of anilines is 2. The Balaban J connectivity index is 1.16. The summed E-state index contributed by atoms with van der Waals surface area (Å²) < 4.78 is 41.7. The Hall–Kier alpha value is -4.73. The highest BCUT2D eigenvalue weighted by Crippen LogP contribution is 2.45. The topological polar surface area (TPSA) is 84.7 Å². The first-order valence-corrected chi connectivity index (χ1v) is 14.8. The zero-order valence-corrected chi connectivity index (χ0v) is 24.3. The summed E-state index contributed by atoms with van der Waals surface area (Å²) >= 11 is 0. The number of hydrogen-bond acceptors (Lipinski definition) is 5. The number of carbonyl (C=O) groups is 1. The van der Waals surface area contributed by atoms with E-state index in [4.69, 9.17) is 4.98 Å². The lowest BCUT2D eigenvalue weighted by Gasteiger charge is -2.17. The Bertz CT molecular complexity index is 1890. The van der Waals surface area contributed by atoms with Gasteiger partial charge in [0, 0.05) is 23.3 Å². The quantitative estimate of drug-likeness (QED) is 0.188. The van der Waals surface area contributed by atoms with Gasteiger partial charge in [-0.25, -0.2) is 9.97 Å². The van der Waals surface area contributed by atoms with E-state index in [0.717, 1.165) is 71.2 Å². The zero-order valence-electron chi connectivity index (χ0n) is 24.3. The van der Waals surface area contributed by atoms with Crippen LogP contribution in [0.4, 0.5) is 24.8 Å². The van der Waals surface area contributed by atoms with Crippen molar-refractivity contribution in [2.24, 2.45) is 0 Å². The Morgan fingerprint density at radius 3 is 2.59 bits per heavy atom. The maximum absolute atomic E-state index is 13.3. The second-order valence-corrected chi connectivity index (χ2v) is 11.8. The van der Waals surface area contributed by atoms with Gasteiger partial charge in [0.25, 0.3) is 5.91 Å². The monoisotopic (exact) mass is 596 g/mol. The van der Waals surface area contributed by atoms with Gasteiger partial charge >= 0.3 is 6.18 Å². The van der Waals surface area contributed by atoms with E-state index >= 15 is 0 Å². The molecule has 0 radical (unpaired) electrons. The molecular weight excluding hydrogens is 565 g/mol. The van der Waals surface area contributed by atoms with Crippen molar-refractivity contribution in [2.75, 3.05) is 5.32 Å². The van der Waals surface area contributed by atoms with E-state index in [1.54, 1.807) is 25.3 Å². The van der Waals surface area contributed by atoms with Crippen LogP contribution in [0.2, 0.25) is 0 Å². The molecule has 2 aliphatic carbocycles. The molecule has 3 aromatic carbocycles. The molecule has 44 heavy (non-hydrogen) atoms. The second kappa shape index (κ2) is 10.8. The molecule has 1 amide bonds. The Morgan fingerprint density at radius 2 is 1.84 bits per heavy atom. The van der Waals surface area contributed by atoms with Crippen LogP contribution in [0, 0.1) is 6.92 Å². The van der Waals surface area contributed by atoms with E-state index in [1.807, 2.05) is 48.1 Å². The normalized spacial score (nSPS) is 15.8. The minimum absolute atomic E-state index is 0.352. The van der Waals surface area contributed by atoms with Gasteiger partial charge in [-0.15, -0.1) is 0 Å². The predicted octanol–water partition coefficient (Wildman–Crippen LogP) is 8.27. The van der Waals surface area contributed by atoms with Gasteiger partial charge in [0.05, 0.1) is 34.5 Å². The number of amides is 1. The largest absolute Gasteiger partial charge is 0.416 e. The SMILES string of the molecule is Cc1nn(C2CC2)cc1Nc1ncc2ccc(-c3cc(C(=O)N[C@@H](C)c4cccc(C(F)(F)F)c4)ccc3C3CC3)cc2n1. The number of fused-ring (bicyclic) bond motifs is 1. The van der Waals surface area contributed by atoms with Crippen molar-refractivity contribution in [2.45, 2.75) is 63.7 Å². The molecule has 0 spiro atoms. The van der Waals surface area contributed by atoms with Gasteiger partial charge < -0.3 is 10.6 Å². The van der Waals surface area contributed by atoms with Gasteiger partial charge in [0.15, 0.2) is 0 Å². The lowest BCUT2D eigenvalue weighted by atomic mass is 9.93. The molecule has 2 aromatic heterocycles. The van der Waals surface area contributed by atoms with Crippen LogP contribution in [0.15, 0.2) is 73.1 Å². The van der Waals surface area contributed by atoms with Crippen LogP contribution in [-0.2, 0) is 6.18 Å². The van der Waals surface area contributed by atoms with E-state index in [9.17, 15) is 18.0 Å². The van der Waals surface area contributed by atoms with Crippen LogP contribution in [0.5, 0.6) is 0 Å². The number of nitrogens with zero attached hydrogens (tertiary/aromatic N) is 4. The molecule has 7 nitrogen and oxygen atoms in total. The van der Waals surface area contributed by atoms with Gasteiger partial charge in [-0.2, -0.15) is 18.3 Å². The second-order valence-electron chi connectivity index (χ2n) is 11.8. The summed E-state index contributed by atoms with van der Waals surface area (Å²) in [5, 5.41) is 11.7. The number of benzene rings is 3. The van der Waals surface area contributed by atoms with Crippen LogP contribution in [0.25, 0.3) is 22.0 Å². The number of aromatic nitrogens is 4. The summed E-state index contributed by atoms with van der Waals surface area (Å²) in [6.45, 7) is 3.64. The van der Waals surface area contributed by atoms with Crippen LogP contribution in [-0.4, -0.2) is 25.7 Å². The average Bonchev–Trinajstić information content (AvgIpc) is 3.95. The molecule has 0 unspecified atom stereocenters. The van der Waals surface area contributed by atoms with Gasteiger partial charge in [-0.1, -0.05) is 30.3 Å². The van der Waals surface area contributed by atoms with Crippen LogP contribution in [0.3, 0.4) is 0 Å². The molecule has 5 aromatic rings. The Labute approximate surface area is 252 Å². The average molecular weight is 597 g/mol. The highest BCUT2D eigenvalue weighted by atomic mass is 19.4. The molecule has 0 bridgehead atoms. The minimum Gasteiger partial charge on any atom is -0.346 e. The molecule has 2 fully saturated rings. The minimum atomic E-state index is -4.45. The fourth-order valence-corrected chi connectivity index (χ4v) is 5.55. The third-order valence-corrected chi connectivity index (χ3v) is 8.37. The molecule has 0 aliphatic heterocycles. The number of halogens is 3. The molecule has 2 aliphatic rings. The van der Waals surface area contributed by atoms with Gasteiger partial charge in [-0.3, -0.25) is 9.48 Å². The van der Waals surface area contributed by atoms with Crippen molar-refractivity contribution in [3.63, 3.8) is 0 Å². The number of rotatable bonds is 8. The molecule has 10 heteroatoms. The van der Waals surface area contributed by atoms with Crippen molar-refractivity contribution in [1.29, 1.82) is 0 Å². The van der Waals surface area contributed by atoms with Crippen molar-refractivity contribution >= 4 is 28.4 Å². The predicted molar refractivity (Wildman–Crippen MR) is 163 cm³/mol. The molecule has 2 saturated carbocycles. The summed E-state index contributed by atoms with van der Waals surface area (Å²) in [6, 6.07) is 16.6. The highest BCUT2D eigenvalue weighted by Gasteiger charge is 2.31. The number of hydrogen-bond donors (Lipinski definition) is 2. The lowest BCUT2D eigenvalue weighted by molar-refractivity contribution is -0.137. The van der Waals surface area contributed by atoms with Gasteiger partial charge in [0.1, 0.15) is 0 Å². The summed E-state index contributed by atoms with van der Waals surface area (Å²) in [7, 11) is 0. The summed E-state index contributed by atoms with van der Waals surface area (Å²) in [6.07, 6.45) is 3.81. The molecule has 2 heterocycles. The molecule has 1 atom stereocenters. The highest BCUT2D eigenvalue weighted by molar-refractivity contribution is 5.96. The first kappa shape index (κ1) is 28.1. The van der Waals surface area contributed by atoms with E-state index in [1.165, 1.54) is 11.6 Å². The molecule has 0 saturated heterocycles. The molecule has 2 N–H and O–H groups in total. The zero-order chi connectivity index (χ0) is 30.6. The number of aryl methyl sites for hydroxylation is 1. The Kier molecular flexibility index (Phi) is 6.87. The fraction of sp³-hybridized carbons (Fsp3) is 0.294. The number of nitrogens with one attached hydrogen (secondary N) is 2. The van der Waals surface area contributed by atoms with Gasteiger partial charge in [0.2, 0.25) is 5.95 Å². The lowest BCUT2D eigenvalue weighted by Crippen LogP contribution is -2.27. The van der Waals surface area contributed by atoms with Crippen molar-refractivity contribution < 1.29 is 18.0 Å². The maximum atomic E-state index is 13.3. The van der Waals surface area contributed by atoms with Crippen LogP contribution >= 0.6 is 0 Å². The van der Waals surface area contributed by atoms with E-state index < -0.39 is 17.8 Å². The standard InChI is InChI=1S/C34H31F3N6O/c1-19(22-4-3-5-26(14-22)34(35,36)37)39-32(44)24-10-13-28(21-6-7-21)29(15-24)23-8-9-25-17-38-33(40-30(25)16-23)41-31-18-43(27-11-12-27)42-20(31)2/h3-5,8-10,13-19,21,27H,6-7,11-12H2,1-2H3,(H,39,44)(H,38,40,41)/t19-/m0/s1. The first-order chi connectivity index (χ1) is 21.1. The number of alkyl halides is 3. The van der Waals surface area contributed by atoms with E-state index in [-0.39, 0.29) is 5.91 Å². The number of carbonyl (C=O) groups excluding carboxylic acids is 1. The summed E-state index contributed by atoms with van der Waals surface area (Å²) in [5.41, 5.74) is 5.67. The molecule has 224 valence electrons. The summed E-state index contributed by atoms with van der Waals surface area (Å²) in [5.74, 6) is 0.554. The smallest absolute Gasteiger partial charge is 0.346 e. The maximum Gasteiger partial charge on any atom is 0.416 e. The van der Waals surface area contributed by atoms with E-state index in [0.29, 0.717) is 29.0 Å². The third-order valence-electron chi connectivity index (χ3n) is 8.37. The van der Waals surface area contributed by atoms with Gasteiger partial charge in [-0.05, 0) is 98.0 Å². The Morgan fingerprint density at radius 1 is 1.02 bits per heavy atom. The first-order valence-electron chi connectivity index (χ1n) is 14.8. The van der Waals surface area contributed by atoms with E-state index in [2.05, 4.69) is 20.7 Å². The molecular formula is C34H31F3N6O. The van der Waals surface area contributed by atoms with Crippen LogP contribution in [0.1, 0.15) is 83.4 Å². The third kappa shape index (κ3) is 5.76.